The Morgan fingerprint density at radius 3 is 2.27 bits per heavy atom. The van der Waals surface area contributed by atoms with Gasteiger partial charge in [-0.05, 0) is 30.7 Å². The van der Waals surface area contributed by atoms with Gasteiger partial charge in [0, 0.05) is 0 Å². The molecule has 1 atom stereocenters. The van der Waals surface area contributed by atoms with Crippen molar-refractivity contribution >= 4 is 0 Å². The molecule has 15 heavy (non-hydrogen) atoms. The summed E-state index contributed by atoms with van der Waals surface area (Å²) in [6, 6.07) is 0. The molecule has 0 aromatic heterocycles. The maximum Gasteiger partial charge on any atom is 0.416 e. The van der Waals surface area contributed by atoms with Crippen molar-refractivity contribution in [2.45, 2.75) is 18.8 Å². The number of hydrogen-bond donors (Lipinski definition) is 0. The first kappa shape index (κ1) is 11.8. The Kier molecular flexibility index (Phi) is 2.88. The second-order valence-electron chi connectivity index (χ2n) is 3.39. The van der Waals surface area contributed by atoms with Gasteiger partial charge in [0.15, 0.2) is 0 Å². The van der Waals surface area contributed by atoms with Gasteiger partial charge in [0.25, 0.3) is 0 Å². The predicted octanol–water partition coefficient (Wildman–Crippen LogP) is 3.89. The van der Waals surface area contributed by atoms with Crippen molar-refractivity contribution in [3.8, 4) is 0 Å². The van der Waals surface area contributed by atoms with Gasteiger partial charge >= 0.3 is 6.18 Å². The zero-order chi connectivity index (χ0) is 11.7. The summed E-state index contributed by atoms with van der Waals surface area (Å²) in [5.41, 5.74) is -2.86. The normalized spacial score (nSPS) is 26.7. The number of allylic oxidation sites excluding steroid dienone is 7. The Labute approximate surface area is 85.3 Å². The third kappa shape index (κ3) is 2.81. The molecule has 0 aromatic carbocycles. The zero-order valence-corrected chi connectivity index (χ0v) is 8.11. The summed E-state index contributed by atoms with van der Waals surface area (Å²) in [7, 11) is 0. The molecule has 0 aliphatic heterocycles. The van der Waals surface area contributed by atoms with Gasteiger partial charge in [0.05, 0.1) is 5.57 Å². The summed E-state index contributed by atoms with van der Waals surface area (Å²) < 4.78 is 50.9. The van der Waals surface area contributed by atoms with Crippen molar-refractivity contribution in [3.63, 3.8) is 0 Å². The van der Waals surface area contributed by atoms with E-state index >= 15 is 0 Å². The van der Waals surface area contributed by atoms with Gasteiger partial charge in [-0.2, -0.15) is 13.2 Å². The predicted molar refractivity (Wildman–Crippen MR) is 51.1 cm³/mol. The third-order valence-electron chi connectivity index (χ3n) is 2.00. The summed E-state index contributed by atoms with van der Waals surface area (Å²) in [5, 5.41) is 0. The van der Waals surface area contributed by atoms with Crippen LogP contribution in [-0.2, 0) is 0 Å². The van der Waals surface area contributed by atoms with Gasteiger partial charge in [0.1, 0.15) is 5.67 Å². The van der Waals surface area contributed by atoms with Gasteiger partial charge in [-0.3, -0.25) is 0 Å². The second kappa shape index (κ2) is 3.68. The monoisotopic (exact) mass is 218 g/mol. The van der Waals surface area contributed by atoms with E-state index in [0.717, 1.165) is 30.4 Å². The topological polar surface area (TPSA) is 0 Å². The van der Waals surface area contributed by atoms with Gasteiger partial charge in [-0.15, -0.1) is 0 Å². The van der Waals surface area contributed by atoms with E-state index in [0.29, 0.717) is 0 Å². The lowest BCUT2D eigenvalue weighted by Crippen LogP contribution is -2.12. The lowest BCUT2D eigenvalue weighted by molar-refractivity contribution is -0.0886. The molecule has 0 saturated heterocycles. The summed E-state index contributed by atoms with van der Waals surface area (Å²) in [6.45, 7) is 4.45. The molecule has 1 aliphatic rings. The number of alkyl halides is 4. The van der Waals surface area contributed by atoms with Crippen molar-refractivity contribution < 1.29 is 17.6 Å². The van der Waals surface area contributed by atoms with Crippen LogP contribution in [0.4, 0.5) is 17.6 Å². The number of rotatable bonds is 1. The zero-order valence-electron chi connectivity index (χ0n) is 8.11. The van der Waals surface area contributed by atoms with Crippen LogP contribution in [0.1, 0.15) is 6.92 Å². The van der Waals surface area contributed by atoms with Crippen LogP contribution >= 0.6 is 0 Å². The van der Waals surface area contributed by atoms with E-state index in [1.807, 2.05) is 0 Å². The van der Waals surface area contributed by atoms with Gasteiger partial charge in [0.2, 0.25) is 0 Å². The molecule has 0 spiro atoms. The van der Waals surface area contributed by atoms with Crippen molar-refractivity contribution in [2.24, 2.45) is 0 Å². The average molecular weight is 218 g/mol. The van der Waals surface area contributed by atoms with Gasteiger partial charge < -0.3 is 0 Å². The van der Waals surface area contributed by atoms with E-state index < -0.39 is 17.4 Å². The Morgan fingerprint density at radius 1 is 1.27 bits per heavy atom. The molecule has 1 rings (SSSR count). The molecular formula is C11H10F4. The van der Waals surface area contributed by atoms with Crippen LogP contribution < -0.4 is 0 Å². The highest BCUT2D eigenvalue weighted by Crippen LogP contribution is 2.33. The van der Waals surface area contributed by atoms with Crippen LogP contribution in [0, 0.1) is 0 Å². The minimum Gasteiger partial charge on any atom is -0.235 e. The van der Waals surface area contributed by atoms with Crippen LogP contribution in [0.5, 0.6) is 0 Å². The molecule has 0 radical (unpaired) electrons. The fourth-order valence-electron chi connectivity index (χ4n) is 1.18. The van der Waals surface area contributed by atoms with Crippen LogP contribution in [0.15, 0.2) is 48.1 Å². The smallest absolute Gasteiger partial charge is 0.235 e. The Morgan fingerprint density at radius 2 is 1.80 bits per heavy atom. The van der Waals surface area contributed by atoms with Crippen LogP contribution in [0.3, 0.4) is 0 Å². The lowest BCUT2D eigenvalue weighted by atomic mass is 10.1. The van der Waals surface area contributed by atoms with Crippen LogP contribution in [0.25, 0.3) is 0 Å². The molecule has 4 heteroatoms. The minimum absolute atomic E-state index is 0.125. The summed E-state index contributed by atoms with van der Waals surface area (Å²) in [4.78, 5) is 0. The van der Waals surface area contributed by atoms with E-state index in [4.69, 9.17) is 0 Å². The van der Waals surface area contributed by atoms with Crippen LogP contribution in [-0.4, -0.2) is 11.8 Å². The third-order valence-corrected chi connectivity index (χ3v) is 2.00. The molecule has 0 N–H and O–H groups in total. The molecule has 82 valence electrons. The summed E-state index contributed by atoms with van der Waals surface area (Å²) >= 11 is 0. The van der Waals surface area contributed by atoms with E-state index in [2.05, 4.69) is 6.58 Å². The Bertz CT molecular complexity index is 353. The molecule has 1 unspecified atom stereocenters. The molecule has 0 bridgehead atoms. The molecular weight excluding hydrogens is 208 g/mol. The quantitative estimate of drug-likeness (QED) is 0.586. The highest BCUT2D eigenvalue weighted by molar-refractivity contribution is 5.46. The minimum atomic E-state index is -4.50. The Balaban J connectivity index is 3.27. The lowest BCUT2D eigenvalue weighted by Gasteiger charge is -2.09. The maximum absolute atomic E-state index is 13.4. The fourth-order valence-corrected chi connectivity index (χ4v) is 1.18. The first-order valence-corrected chi connectivity index (χ1v) is 4.27. The summed E-state index contributed by atoms with van der Waals surface area (Å²) in [6.07, 6.45) is 0.352. The van der Waals surface area contributed by atoms with Crippen molar-refractivity contribution in [1.82, 2.24) is 0 Å². The standard InChI is InChI=1S/C11H10F4/c1-3-8-4-6-10(2,12)7-5-9(8)11(13,14)15/h3-7H,1H2,2H3. The van der Waals surface area contributed by atoms with E-state index in [9.17, 15) is 17.6 Å². The largest absolute Gasteiger partial charge is 0.416 e. The number of hydrogen-bond acceptors (Lipinski definition) is 0. The second-order valence-corrected chi connectivity index (χ2v) is 3.39. The van der Waals surface area contributed by atoms with Crippen molar-refractivity contribution in [2.75, 3.05) is 0 Å². The average Bonchev–Trinajstić information content (AvgIpc) is 2.22. The molecule has 0 nitrogen and oxygen atoms in total. The molecule has 0 amide bonds. The summed E-state index contributed by atoms with van der Waals surface area (Å²) in [5.74, 6) is 0. The molecule has 0 fully saturated rings. The van der Waals surface area contributed by atoms with Gasteiger partial charge in [-0.1, -0.05) is 18.7 Å². The molecule has 0 saturated carbocycles. The van der Waals surface area contributed by atoms with Gasteiger partial charge in [-0.25, -0.2) is 4.39 Å². The van der Waals surface area contributed by atoms with E-state index in [1.54, 1.807) is 0 Å². The SMILES string of the molecule is C=CC1=C(C(F)(F)F)C=CC(C)(F)C=C1. The van der Waals surface area contributed by atoms with E-state index in [1.165, 1.54) is 6.92 Å². The van der Waals surface area contributed by atoms with Crippen molar-refractivity contribution in [3.05, 3.63) is 48.1 Å². The first-order chi connectivity index (χ1) is 6.76. The van der Waals surface area contributed by atoms with Crippen LogP contribution in [0.2, 0.25) is 0 Å². The molecule has 1 aliphatic carbocycles. The Hall–Kier alpha value is -1.32. The van der Waals surface area contributed by atoms with E-state index in [-0.39, 0.29) is 5.57 Å². The highest BCUT2D eigenvalue weighted by Gasteiger charge is 2.35. The molecule has 0 aromatic rings. The fraction of sp³-hybridized carbons (Fsp3) is 0.273. The first-order valence-electron chi connectivity index (χ1n) is 4.27. The molecule has 0 heterocycles. The maximum atomic E-state index is 13.4. The van der Waals surface area contributed by atoms with Crippen molar-refractivity contribution in [1.29, 1.82) is 0 Å². The highest BCUT2D eigenvalue weighted by atomic mass is 19.4. The number of halogens is 4.